The van der Waals surface area contributed by atoms with Gasteiger partial charge in [0, 0.05) is 11.6 Å². The fourth-order valence-corrected chi connectivity index (χ4v) is 2.27. The lowest BCUT2D eigenvalue weighted by molar-refractivity contribution is -0.137. The molecule has 1 amide bonds. The third-order valence-corrected chi connectivity index (χ3v) is 3.79. The molecule has 11 heteroatoms. The van der Waals surface area contributed by atoms with Crippen LogP contribution in [-0.4, -0.2) is 26.1 Å². The van der Waals surface area contributed by atoms with Crippen molar-refractivity contribution in [3.8, 4) is 11.4 Å². The zero-order chi connectivity index (χ0) is 20.5. The average Bonchev–Trinajstić information content (AvgIpc) is 3.13. The van der Waals surface area contributed by atoms with Gasteiger partial charge < -0.3 is 5.32 Å². The van der Waals surface area contributed by atoms with Crippen molar-refractivity contribution in [3.63, 3.8) is 0 Å². The van der Waals surface area contributed by atoms with Crippen LogP contribution < -0.4 is 5.32 Å². The van der Waals surface area contributed by atoms with Crippen molar-refractivity contribution in [1.82, 2.24) is 20.2 Å². The van der Waals surface area contributed by atoms with Crippen molar-refractivity contribution in [2.75, 3.05) is 5.32 Å². The number of benzene rings is 2. The molecule has 28 heavy (non-hydrogen) atoms. The second-order valence-corrected chi connectivity index (χ2v) is 5.80. The number of rotatable bonds is 4. The zero-order valence-corrected chi connectivity index (χ0v) is 14.2. The highest BCUT2D eigenvalue weighted by Crippen LogP contribution is 2.31. The highest BCUT2D eigenvalue weighted by Gasteiger charge is 2.31. The van der Waals surface area contributed by atoms with Crippen LogP contribution in [0.5, 0.6) is 0 Å². The van der Waals surface area contributed by atoms with Gasteiger partial charge in [-0.2, -0.15) is 18.0 Å². The van der Waals surface area contributed by atoms with Crippen LogP contribution >= 0.6 is 0 Å². The van der Waals surface area contributed by atoms with Gasteiger partial charge in [-0.3, -0.25) is 4.79 Å². The molecule has 3 rings (SSSR count). The molecule has 0 aliphatic rings. The summed E-state index contributed by atoms with van der Waals surface area (Å²) in [6, 6.07) is 5.92. The highest BCUT2D eigenvalue weighted by molar-refractivity contribution is 5.93. The summed E-state index contributed by atoms with van der Waals surface area (Å²) in [5, 5.41) is 13.5. The first-order valence-electron chi connectivity index (χ1n) is 7.88. The Bertz CT molecular complexity index is 1020. The summed E-state index contributed by atoms with van der Waals surface area (Å²) in [6.45, 7) is 1.38. The molecule has 2 aromatic carbocycles. The van der Waals surface area contributed by atoms with E-state index in [1.807, 2.05) is 0 Å². The summed E-state index contributed by atoms with van der Waals surface area (Å²) in [5.41, 5.74) is -1.05. The van der Waals surface area contributed by atoms with E-state index in [2.05, 4.69) is 20.7 Å². The summed E-state index contributed by atoms with van der Waals surface area (Å²) >= 11 is 0. The molecular formula is C17H12F5N5O. The van der Waals surface area contributed by atoms with Gasteiger partial charge in [0.05, 0.1) is 11.3 Å². The molecule has 146 valence electrons. The highest BCUT2D eigenvalue weighted by atomic mass is 19.4. The molecule has 1 aromatic heterocycles. The van der Waals surface area contributed by atoms with Crippen molar-refractivity contribution in [2.24, 2.45) is 0 Å². The van der Waals surface area contributed by atoms with Crippen LogP contribution in [0.15, 0.2) is 42.5 Å². The first-order valence-corrected chi connectivity index (χ1v) is 7.88. The van der Waals surface area contributed by atoms with E-state index in [1.54, 1.807) is 0 Å². The minimum Gasteiger partial charge on any atom is -0.322 e. The van der Waals surface area contributed by atoms with Crippen LogP contribution in [0.3, 0.4) is 0 Å². The maximum Gasteiger partial charge on any atom is 0.416 e. The summed E-state index contributed by atoms with van der Waals surface area (Å²) < 4.78 is 65.0. The second-order valence-electron chi connectivity index (χ2n) is 5.80. The van der Waals surface area contributed by atoms with Gasteiger partial charge in [0.25, 0.3) is 5.91 Å². The van der Waals surface area contributed by atoms with Crippen molar-refractivity contribution in [1.29, 1.82) is 0 Å². The van der Waals surface area contributed by atoms with Crippen molar-refractivity contribution in [2.45, 2.75) is 19.1 Å². The second kappa shape index (κ2) is 7.33. The van der Waals surface area contributed by atoms with E-state index in [0.717, 1.165) is 29.1 Å². The minimum absolute atomic E-state index is 0.0678. The number of alkyl halides is 3. The Morgan fingerprint density at radius 3 is 2.57 bits per heavy atom. The van der Waals surface area contributed by atoms with E-state index in [4.69, 9.17) is 0 Å². The molecule has 3 aromatic rings. The molecule has 0 saturated carbocycles. The quantitative estimate of drug-likeness (QED) is 0.679. The number of nitrogens with zero attached hydrogens (tertiary/aromatic N) is 4. The minimum atomic E-state index is -4.53. The van der Waals surface area contributed by atoms with Gasteiger partial charge in [0.15, 0.2) is 0 Å². The van der Waals surface area contributed by atoms with Crippen molar-refractivity contribution < 1.29 is 26.7 Å². The number of nitrogens with one attached hydrogen (secondary N) is 1. The normalized spacial score (nSPS) is 12.6. The maximum absolute atomic E-state index is 13.6. The number of carbonyl (C=O) groups excluding carboxylic acids is 1. The Kier molecular flexibility index (Phi) is 5.08. The monoisotopic (exact) mass is 397 g/mol. The molecule has 1 N–H and O–H groups in total. The number of hydrogen-bond acceptors (Lipinski definition) is 4. The molecule has 0 bridgehead atoms. The van der Waals surface area contributed by atoms with Gasteiger partial charge >= 0.3 is 6.18 Å². The molecule has 0 saturated heterocycles. The van der Waals surface area contributed by atoms with Gasteiger partial charge in [-0.15, -0.1) is 10.2 Å². The lowest BCUT2D eigenvalue weighted by Gasteiger charge is -2.11. The molecule has 1 heterocycles. The number of halogens is 5. The van der Waals surface area contributed by atoms with Crippen molar-refractivity contribution >= 4 is 11.6 Å². The Labute approximate surface area is 155 Å². The molecule has 0 fully saturated rings. The molecular weight excluding hydrogens is 385 g/mol. The van der Waals surface area contributed by atoms with E-state index in [0.29, 0.717) is 6.07 Å². The number of anilines is 1. The average molecular weight is 397 g/mol. The van der Waals surface area contributed by atoms with Crippen LogP contribution in [-0.2, 0) is 11.0 Å². The SMILES string of the molecule is CC(C(=O)Nc1ccc(F)cc1F)n1nnc(-c2cccc(C(F)(F)F)c2)n1. The number of tetrazole rings is 1. The van der Waals surface area contributed by atoms with Gasteiger partial charge in [-0.25, -0.2) is 8.78 Å². The van der Waals surface area contributed by atoms with Crippen molar-refractivity contribution in [3.05, 3.63) is 59.7 Å². The van der Waals surface area contributed by atoms with Gasteiger partial charge in [-0.05, 0) is 36.4 Å². The topological polar surface area (TPSA) is 72.7 Å². The molecule has 0 aliphatic carbocycles. The lowest BCUT2D eigenvalue weighted by Crippen LogP contribution is -2.25. The fraction of sp³-hybridized carbons (Fsp3) is 0.176. The molecule has 1 atom stereocenters. The van der Waals surface area contributed by atoms with Crippen LogP contribution in [0, 0.1) is 11.6 Å². The Hall–Kier alpha value is -3.37. The van der Waals surface area contributed by atoms with Crippen LogP contribution in [0.25, 0.3) is 11.4 Å². The third-order valence-electron chi connectivity index (χ3n) is 3.79. The van der Waals surface area contributed by atoms with E-state index in [9.17, 15) is 26.7 Å². The molecule has 0 aliphatic heterocycles. The lowest BCUT2D eigenvalue weighted by atomic mass is 10.1. The van der Waals surface area contributed by atoms with Crippen LogP contribution in [0.4, 0.5) is 27.6 Å². The van der Waals surface area contributed by atoms with Gasteiger partial charge in [0.2, 0.25) is 5.82 Å². The fourth-order valence-electron chi connectivity index (χ4n) is 2.27. The number of hydrogen-bond donors (Lipinski definition) is 1. The van der Waals surface area contributed by atoms with E-state index in [-0.39, 0.29) is 17.1 Å². The van der Waals surface area contributed by atoms with Crippen LogP contribution in [0.1, 0.15) is 18.5 Å². The summed E-state index contributed by atoms with van der Waals surface area (Å²) in [5.74, 6) is -2.60. The van der Waals surface area contributed by atoms with E-state index >= 15 is 0 Å². The first-order chi connectivity index (χ1) is 13.1. The summed E-state index contributed by atoms with van der Waals surface area (Å²) in [6.07, 6.45) is -4.53. The number of aromatic nitrogens is 4. The smallest absolute Gasteiger partial charge is 0.322 e. The predicted molar refractivity (Wildman–Crippen MR) is 88.0 cm³/mol. The Morgan fingerprint density at radius 2 is 1.89 bits per heavy atom. The molecule has 0 radical (unpaired) electrons. The Morgan fingerprint density at radius 1 is 1.14 bits per heavy atom. The van der Waals surface area contributed by atoms with E-state index < -0.39 is 35.3 Å². The largest absolute Gasteiger partial charge is 0.416 e. The standard InChI is InChI=1S/C17H12F5N5O/c1-9(16(28)23-14-6-5-12(18)8-13(14)19)27-25-15(24-26-27)10-3-2-4-11(7-10)17(20,21)22/h2-9H,1H3,(H,23,28). The van der Waals surface area contributed by atoms with Crippen LogP contribution in [0.2, 0.25) is 0 Å². The summed E-state index contributed by atoms with van der Waals surface area (Å²) in [4.78, 5) is 13.1. The number of amides is 1. The third kappa shape index (κ3) is 4.13. The Balaban J connectivity index is 1.78. The maximum atomic E-state index is 13.6. The number of carbonyl (C=O) groups is 1. The van der Waals surface area contributed by atoms with Gasteiger partial charge in [0.1, 0.15) is 17.7 Å². The summed E-state index contributed by atoms with van der Waals surface area (Å²) in [7, 11) is 0. The van der Waals surface area contributed by atoms with E-state index in [1.165, 1.54) is 19.1 Å². The molecule has 6 nitrogen and oxygen atoms in total. The zero-order valence-electron chi connectivity index (χ0n) is 14.2. The molecule has 1 unspecified atom stereocenters. The predicted octanol–water partition coefficient (Wildman–Crippen LogP) is 3.84. The first kappa shape index (κ1) is 19.4. The van der Waals surface area contributed by atoms with Gasteiger partial charge in [-0.1, -0.05) is 12.1 Å². The molecule has 0 spiro atoms.